The normalized spacial score (nSPS) is 14.8. The van der Waals surface area contributed by atoms with Gasteiger partial charge in [0.1, 0.15) is 11.6 Å². The molecule has 3 aromatic carbocycles. The van der Waals surface area contributed by atoms with Crippen LogP contribution in [0.4, 0.5) is 0 Å². The fourth-order valence-electron chi connectivity index (χ4n) is 3.52. The van der Waals surface area contributed by atoms with Gasteiger partial charge in [0.2, 0.25) is 0 Å². The number of hydrogen-bond donors (Lipinski definition) is 1. The topological polar surface area (TPSA) is 65.2 Å². The van der Waals surface area contributed by atoms with Crippen molar-refractivity contribution in [3.05, 3.63) is 89.0 Å². The lowest BCUT2D eigenvalue weighted by molar-refractivity contribution is -0.117. The molecule has 1 amide bonds. The zero-order valence-electron chi connectivity index (χ0n) is 14.6. The summed E-state index contributed by atoms with van der Waals surface area (Å²) in [6, 6.07) is 23.9. The first-order valence-corrected chi connectivity index (χ1v) is 8.80. The van der Waals surface area contributed by atoms with Crippen molar-refractivity contribution < 1.29 is 4.79 Å². The Morgan fingerprint density at radius 3 is 2.67 bits per heavy atom. The first-order valence-electron chi connectivity index (χ1n) is 8.80. The van der Waals surface area contributed by atoms with Crippen molar-refractivity contribution in [2.75, 3.05) is 0 Å². The fraction of sp³-hybridized carbons (Fsp3) is 0.0870. The molecule has 0 saturated carbocycles. The molecular formula is C23H17N3O. The molecule has 1 N–H and O–H groups in total. The highest BCUT2D eigenvalue weighted by atomic mass is 16.2. The Morgan fingerprint density at radius 2 is 1.78 bits per heavy atom. The molecule has 27 heavy (non-hydrogen) atoms. The van der Waals surface area contributed by atoms with Crippen LogP contribution in [0.15, 0.2) is 77.4 Å². The zero-order valence-corrected chi connectivity index (χ0v) is 14.6. The van der Waals surface area contributed by atoms with Crippen LogP contribution in [0.2, 0.25) is 0 Å². The van der Waals surface area contributed by atoms with E-state index in [0.29, 0.717) is 6.42 Å². The van der Waals surface area contributed by atoms with Crippen LogP contribution in [0.25, 0.3) is 16.3 Å². The van der Waals surface area contributed by atoms with Crippen molar-refractivity contribution in [2.45, 2.75) is 12.8 Å². The number of nitrogens with zero attached hydrogens (tertiary/aromatic N) is 2. The van der Waals surface area contributed by atoms with Crippen molar-refractivity contribution in [2.24, 2.45) is 5.10 Å². The van der Waals surface area contributed by atoms with Gasteiger partial charge in [-0.1, -0.05) is 66.7 Å². The van der Waals surface area contributed by atoms with Gasteiger partial charge in [-0.05, 0) is 40.3 Å². The number of hydrogen-bond acceptors (Lipinski definition) is 3. The summed E-state index contributed by atoms with van der Waals surface area (Å²) in [7, 11) is 0. The molecule has 3 aromatic rings. The Bertz CT molecular complexity index is 1130. The monoisotopic (exact) mass is 351 g/mol. The number of allylic oxidation sites excluding steroid dienone is 1. The minimum absolute atomic E-state index is 0.134. The molecule has 0 unspecified atom stereocenters. The van der Waals surface area contributed by atoms with Crippen LogP contribution in [0.3, 0.4) is 0 Å². The molecule has 0 radical (unpaired) electrons. The third-order valence-corrected chi connectivity index (χ3v) is 4.82. The standard InChI is InChI=1S/C23H17N3O/c24-14-22(21-13-12-17-7-2-4-11-20(17)21)23(27)26-25-15-18-9-5-8-16-6-1-3-10-19(16)18/h1-11,15H,12-13H2,(H,26,27)/b22-21+,25-15+. The van der Waals surface area contributed by atoms with Crippen LogP contribution in [-0.2, 0) is 11.2 Å². The minimum atomic E-state index is -0.472. The molecule has 0 bridgehead atoms. The van der Waals surface area contributed by atoms with E-state index in [2.05, 4.69) is 16.6 Å². The molecule has 1 aliphatic carbocycles. The van der Waals surface area contributed by atoms with E-state index < -0.39 is 5.91 Å². The molecule has 0 heterocycles. The number of fused-ring (bicyclic) bond motifs is 2. The zero-order chi connectivity index (χ0) is 18.6. The maximum Gasteiger partial charge on any atom is 0.282 e. The van der Waals surface area contributed by atoms with Gasteiger partial charge in [0.15, 0.2) is 0 Å². The van der Waals surface area contributed by atoms with Crippen molar-refractivity contribution in [3.8, 4) is 6.07 Å². The third-order valence-electron chi connectivity index (χ3n) is 4.82. The Balaban J connectivity index is 1.58. The summed E-state index contributed by atoms with van der Waals surface area (Å²) in [6.45, 7) is 0. The molecule has 4 nitrogen and oxygen atoms in total. The van der Waals surface area contributed by atoms with Crippen LogP contribution in [0, 0.1) is 11.3 Å². The van der Waals surface area contributed by atoms with Crippen LogP contribution in [0.5, 0.6) is 0 Å². The molecule has 0 fully saturated rings. The van der Waals surface area contributed by atoms with Crippen LogP contribution in [0.1, 0.15) is 23.1 Å². The molecular weight excluding hydrogens is 334 g/mol. The van der Waals surface area contributed by atoms with Gasteiger partial charge in [0.25, 0.3) is 5.91 Å². The summed E-state index contributed by atoms with van der Waals surface area (Å²) < 4.78 is 0. The molecule has 0 spiro atoms. The number of nitriles is 1. The highest BCUT2D eigenvalue weighted by Gasteiger charge is 2.23. The predicted octanol–water partition coefficient (Wildman–Crippen LogP) is 4.21. The van der Waals surface area contributed by atoms with E-state index in [1.807, 2.05) is 66.7 Å². The Kier molecular flexibility index (Phi) is 4.51. The van der Waals surface area contributed by atoms with E-state index in [1.54, 1.807) is 6.21 Å². The summed E-state index contributed by atoms with van der Waals surface area (Å²) in [4.78, 5) is 12.5. The second-order valence-electron chi connectivity index (χ2n) is 6.39. The summed E-state index contributed by atoms with van der Waals surface area (Å²) >= 11 is 0. The lowest BCUT2D eigenvalue weighted by Crippen LogP contribution is -2.20. The van der Waals surface area contributed by atoms with Crippen molar-refractivity contribution >= 4 is 28.5 Å². The van der Waals surface area contributed by atoms with Gasteiger partial charge in [-0.2, -0.15) is 10.4 Å². The average Bonchev–Trinajstić information content (AvgIpc) is 3.13. The number of rotatable bonds is 3. The van der Waals surface area contributed by atoms with Gasteiger partial charge in [-0.25, -0.2) is 5.43 Å². The summed E-state index contributed by atoms with van der Waals surface area (Å²) in [5, 5.41) is 15.8. The van der Waals surface area contributed by atoms with Crippen molar-refractivity contribution in [1.29, 1.82) is 5.26 Å². The number of carbonyl (C=O) groups excluding carboxylic acids is 1. The summed E-state index contributed by atoms with van der Waals surface area (Å²) in [5.74, 6) is -0.472. The summed E-state index contributed by atoms with van der Waals surface area (Å²) in [6.07, 6.45) is 3.16. The fourth-order valence-corrected chi connectivity index (χ4v) is 3.52. The van der Waals surface area contributed by atoms with Crippen LogP contribution < -0.4 is 5.43 Å². The Labute approximate surface area is 157 Å². The molecule has 0 aliphatic heterocycles. The van der Waals surface area contributed by atoms with E-state index in [9.17, 15) is 10.1 Å². The Hall–Kier alpha value is -3.71. The minimum Gasteiger partial charge on any atom is -0.267 e. The highest BCUT2D eigenvalue weighted by Crippen LogP contribution is 2.34. The number of benzene rings is 3. The second-order valence-corrected chi connectivity index (χ2v) is 6.39. The lowest BCUT2D eigenvalue weighted by atomic mass is 10.0. The molecule has 0 saturated heterocycles. The molecule has 4 rings (SSSR count). The van der Waals surface area contributed by atoms with Crippen LogP contribution >= 0.6 is 0 Å². The molecule has 0 atom stereocenters. The van der Waals surface area contributed by atoms with E-state index in [0.717, 1.165) is 33.9 Å². The average molecular weight is 351 g/mol. The number of carbonyl (C=O) groups is 1. The number of nitrogens with one attached hydrogen (secondary N) is 1. The number of amides is 1. The van der Waals surface area contributed by atoms with Gasteiger partial charge < -0.3 is 0 Å². The second kappa shape index (κ2) is 7.27. The number of aryl methyl sites for hydroxylation is 1. The smallest absolute Gasteiger partial charge is 0.267 e. The highest BCUT2D eigenvalue weighted by molar-refractivity contribution is 6.06. The maximum atomic E-state index is 12.5. The van der Waals surface area contributed by atoms with E-state index in [-0.39, 0.29) is 5.57 Å². The molecule has 4 heteroatoms. The van der Waals surface area contributed by atoms with Crippen molar-refractivity contribution in [1.82, 2.24) is 5.43 Å². The lowest BCUT2D eigenvalue weighted by Gasteiger charge is -2.05. The molecule has 0 aromatic heterocycles. The molecule has 1 aliphatic rings. The van der Waals surface area contributed by atoms with Gasteiger partial charge in [0, 0.05) is 5.56 Å². The predicted molar refractivity (Wildman–Crippen MR) is 107 cm³/mol. The molecule has 130 valence electrons. The first-order chi connectivity index (χ1) is 13.3. The summed E-state index contributed by atoms with van der Waals surface area (Å²) in [5.41, 5.74) is 6.51. The number of hydrazone groups is 1. The maximum absolute atomic E-state index is 12.5. The van der Waals surface area contributed by atoms with Crippen LogP contribution in [-0.4, -0.2) is 12.1 Å². The SMILES string of the molecule is N#C/C(C(=O)N/N=C/c1cccc2ccccc12)=C1/CCc2ccccc21. The van der Waals surface area contributed by atoms with Gasteiger partial charge in [-0.3, -0.25) is 4.79 Å². The third kappa shape index (κ3) is 3.23. The quantitative estimate of drug-likeness (QED) is 0.332. The van der Waals surface area contributed by atoms with E-state index >= 15 is 0 Å². The van der Waals surface area contributed by atoms with Crippen molar-refractivity contribution in [3.63, 3.8) is 0 Å². The van der Waals surface area contributed by atoms with Gasteiger partial charge in [-0.15, -0.1) is 0 Å². The van der Waals surface area contributed by atoms with Gasteiger partial charge >= 0.3 is 0 Å². The van der Waals surface area contributed by atoms with Gasteiger partial charge in [0.05, 0.1) is 6.21 Å². The Morgan fingerprint density at radius 1 is 1.00 bits per heavy atom. The first kappa shape index (κ1) is 16.7. The van der Waals surface area contributed by atoms with E-state index in [4.69, 9.17) is 0 Å². The van der Waals surface area contributed by atoms with E-state index in [1.165, 1.54) is 5.56 Å². The largest absolute Gasteiger partial charge is 0.282 e.